The van der Waals surface area contributed by atoms with E-state index in [1.54, 1.807) is 0 Å². The molecule has 4 fully saturated rings. The van der Waals surface area contributed by atoms with Gasteiger partial charge in [0.15, 0.2) is 0 Å². The van der Waals surface area contributed by atoms with Gasteiger partial charge in [-0.25, -0.2) is 0 Å². The van der Waals surface area contributed by atoms with E-state index in [-0.39, 0.29) is 0 Å². The van der Waals surface area contributed by atoms with Crippen molar-refractivity contribution in [2.75, 3.05) is 0 Å². The largest absolute Gasteiger partial charge is 0.299 e. The van der Waals surface area contributed by atoms with E-state index in [0.717, 1.165) is 11.8 Å². The van der Waals surface area contributed by atoms with Gasteiger partial charge in [-0.05, 0) is 42.9 Å². The lowest BCUT2D eigenvalue weighted by Gasteiger charge is -2.46. The normalized spacial score (nSPS) is 68.9. The summed E-state index contributed by atoms with van der Waals surface area (Å²) >= 11 is 0. The minimum atomic E-state index is 0.552. The number of carbonyl (C=O) groups excluding carboxylic acids is 1. The van der Waals surface area contributed by atoms with Crippen LogP contribution in [0.3, 0.4) is 0 Å². The van der Waals surface area contributed by atoms with Crippen LogP contribution in [0.5, 0.6) is 0 Å². The molecule has 0 aliphatic heterocycles. The van der Waals surface area contributed by atoms with Crippen LogP contribution in [0, 0.1) is 29.1 Å². The summed E-state index contributed by atoms with van der Waals surface area (Å²) in [6.45, 7) is 0. The van der Waals surface area contributed by atoms with Gasteiger partial charge in [-0.1, -0.05) is 0 Å². The predicted molar refractivity (Wildman–Crippen MR) is 39.9 cm³/mol. The lowest BCUT2D eigenvalue weighted by Crippen LogP contribution is -2.51. The molecule has 0 aromatic carbocycles. The van der Waals surface area contributed by atoms with E-state index in [9.17, 15) is 4.79 Å². The third-order valence-corrected chi connectivity index (χ3v) is 5.10. The standard InChI is InChI=1S/C10H12O/c11-9-7-1-5-3-10(7)4-6(5)2-8(9)10/h5-8H,1-4H2/t5-,6?,7-,8+,10?/m0/s1. The third kappa shape index (κ3) is 0.328. The highest BCUT2D eigenvalue weighted by atomic mass is 16.1. The van der Waals surface area contributed by atoms with Gasteiger partial charge in [0.2, 0.25) is 0 Å². The molecule has 0 N–H and O–H groups in total. The van der Waals surface area contributed by atoms with Gasteiger partial charge in [0, 0.05) is 11.8 Å². The second-order valence-electron chi connectivity index (χ2n) is 5.14. The number of hydrogen-bond acceptors (Lipinski definition) is 1. The van der Waals surface area contributed by atoms with Gasteiger partial charge in [-0.2, -0.15) is 0 Å². The fourth-order valence-electron chi connectivity index (χ4n) is 4.78. The van der Waals surface area contributed by atoms with Crippen LogP contribution in [-0.2, 0) is 4.79 Å². The van der Waals surface area contributed by atoms with Crippen LogP contribution in [-0.4, -0.2) is 5.78 Å². The van der Waals surface area contributed by atoms with E-state index in [1.165, 1.54) is 25.7 Å². The maximum atomic E-state index is 11.5. The predicted octanol–water partition coefficient (Wildman–Crippen LogP) is 1.62. The molecule has 1 nitrogen and oxygen atoms in total. The SMILES string of the molecule is O=C1[C@H]2CC3CC24C[C@@H]3C[C@@H]14. The Hall–Kier alpha value is -0.330. The molecule has 0 amide bonds. The quantitative estimate of drug-likeness (QED) is 0.510. The number of fused-ring (bicyclic) bond motifs is 3. The number of carbonyl (C=O) groups is 1. The second-order valence-corrected chi connectivity index (χ2v) is 5.14. The van der Waals surface area contributed by atoms with Crippen LogP contribution < -0.4 is 0 Å². The van der Waals surface area contributed by atoms with Crippen molar-refractivity contribution >= 4 is 5.78 Å². The first kappa shape index (κ1) is 5.34. The molecule has 2 unspecified atom stereocenters. The zero-order valence-corrected chi connectivity index (χ0v) is 6.55. The first-order valence-corrected chi connectivity index (χ1v) is 4.85. The molecule has 0 aromatic rings. The maximum absolute atomic E-state index is 11.5. The highest BCUT2D eigenvalue weighted by Gasteiger charge is 2.75. The van der Waals surface area contributed by atoms with Gasteiger partial charge in [0.25, 0.3) is 0 Å². The molecule has 1 heteroatoms. The number of rotatable bonds is 0. The molecule has 3 bridgehead atoms. The number of hydrogen-bond donors (Lipinski definition) is 0. The Morgan fingerprint density at radius 2 is 1.64 bits per heavy atom. The van der Waals surface area contributed by atoms with Gasteiger partial charge in [-0.3, -0.25) is 4.79 Å². The van der Waals surface area contributed by atoms with Crippen molar-refractivity contribution in [1.82, 2.24) is 0 Å². The Bertz CT molecular complexity index is 242. The van der Waals surface area contributed by atoms with Crippen molar-refractivity contribution in [3.63, 3.8) is 0 Å². The molecule has 5 atom stereocenters. The Kier molecular flexibility index (Phi) is 0.580. The zero-order valence-electron chi connectivity index (χ0n) is 6.55. The summed E-state index contributed by atoms with van der Waals surface area (Å²) in [6, 6.07) is 0. The summed E-state index contributed by atoms with van der Waals surface area (Å²) in [5.74, 6) is 3.70. The molecule has 4 saturated carbocycles. The first-order chi connectivity index (χ1) is 5.31. The van der Waals surface area contributed by atoms with Crippen molar-refractivity contribution in [2.24, 2.45) is 29.1 Å². The first-order valence-electron chi connectivity index (χ1n) is 4.85. The summed E-state index contributed by atoms with van der Waals surface area (Å²) in [5, 5.41) is 0. The molecule has 4 aliphatic rings. The van der Waals surface area contributed by atoms with E-state index in [1.807, 2.05) is 0 Å². The minimum absolute atomic E-state index is 0.552. The van der Waals surface area contributed by atoms with Crippen molar-refractivity contribution < 1.29 is 4.79 Å². The average Bonchev–Trinajstić information content (AvgIpc) is 2.58. The second kappa shape index (κ2) is 1.19. The highest BCUT2D eigenvalue weighted by molar-refractivity contribution is 5.93. The summed E-state index contributed by atoms with van der Waals surface area (Å²) in [6.07, 6.45) is 5.41. The topological polar surface area (TPSA) is 17.1 Å². The highest BCUT2D eigenvalue weighted by Crippen LogP contribution is 2.77. The van der Waals surface area contributed by atoms with E-state index >= 15 is 0 Å². The molecule has 0 heterocycles. The molecular weight excluding hydrogens is 136 g/mol. The molecule has 11 heavy (non-hydrogen) atoms. The molecular formula is C10H12O. The van der Waals surface area contributed by atoms with Crippen LogP contribution >= 0.6 is 0 Å². The smallest absolute Gasteiger partial charge is 0.140 e. The number of Topliss-reactive ketones (excluding diaryl/α,β-unsaturated/α-hetero) is 1. The average molecular weight is 148 g/mol. The monoisotopic (exact) mass is 148 g/mol. The molecule has 1 spiro atoms. The lowest BCUT2D eigenvalue weighted by molar-refractivity contribution is -0.149. The maximum Gasteiger partial charge on any atom is 0.140 e. The zero-order chi connectivity index (χ0) is 7.22. The van der Waals surface area contributed by atoms with E-state index in [2.05, 4.69) is 0 Å². The van der Waals surface area contributed by atoms with Crippen molar-refractivity contribution in [1.29, 1.82) is 0 Å². The van der Waals surface area contributed by atoms with Crippen molar-refractivity contribution in [3.05, 3.63) is 0 Å². The molecule has 58 valence electrons. The Labute approximate surface area is 66.2 Å². The summed E-state index contributed by atoms with van der Waals surface area (Å²) in [7, 11) is 0. The molecule has 0 saturated heterocycles. The van der Waals surface area contributed by atoms with E-state index in [0.29, 0.717) is 23.0 Å². The molecule has 0 aromatic heterocycles. The van der Waals surface area contributed by atoms with Crippen LogP contribution in [0.2, 0.25) is 0 Å². The van der Waals surface area contributed by atoms with E-state index < -0.39 is 0 Å². The molecule has 0 radical (unpaired) electrons. The summed E-state index contributed by atoms with van der Waals surface area (Å²) in [5.41, 5.74) is 0.604. The Morgan fingerprint density at radius 3 is 2.18 bits per heavy atom. The summed E-state index contributed by atoms with van der Waals surface area (Å²) in [4.78, 5) is 11.5. The van der Waals surface area contributed by atoms with Crippen LogP contribution in [0.1, 0.15) is 25.7 Å². The third-order valence-electron chi connectivity index (χ3n) is 5.10. The Balaban J connectivity index is 1.98. The van der Waals surface area contributed by atoms with Gasteiger partial charge in [0.05, 0.1) is 0 Å². The number of ketones is 1. The fraction of sp³-hybridized carbons (Fsp3) is 0.900. The van der Waals surface area contributed by atoms with Gasteiger partial charge < -0.3 is 0 Å². The molecule has 4 rings (SSSR count). The van der Waals surface area contributed by atoms with Crippen LogP contribution in [0.15, 0.2) is 0 Å². The Morgan fingerprint density at radius 1 is 1.09 bits per heavy atom. The summed E-state index contributed by atoms with van der Waals surface area (Å²) < 4.78 is 0. The minimum Gasteiger partial charge on any atom is -0.299 e. The lowest BCUT2D eigenvalue weighted by atomic mass is 9.55. The van der Waals surface area contributed by atoms with Gasteiger partial charge in [0.1, 0.15) is 5.78 Å². The van der Waals surface area contributed by atoms with Crippen LogP contribution in [0.25, 0.3) is 0 Å². The van der Waals surface area contributed by atoms with Crippen LogP contribution in [0.4, 0.5) is 0 Å². The van der Waals surface area contributed by atoms with Gasteiger partial charge in [-0.15, -0.1) is 0 Å². The fourth-order valence-corrected chi connectivity index (χ4v) is 4.78. The van der Waals surface area contributed by atoms with E-state index in [4.69, 9.17) is 0 Å². The van der Waals surface area contributed by atoms with Crippen molar-refractivity contribution in [3.8, 4) is 0 Å². The van der Waals surface area contributed by atoms with Crippen molar-refractivity contribution in [2.45, 2.75) is 25.7 Å². The molecule has 4 aliphatic carbocycles. The van der Waals surface area contributed by atoms with Gasteiger partial charge >= 0.3 is 0 Å².